The van der Waals surface area contributed by atoms with E-state index < -0.39 is 4.92 Å². The van der Waals surface area contributed by atoms with Crippen LogP contribution >= 0.6 is 11.3 Å². The molecule has 0 unspecified atom stereocenters. The number of ether oxygens (including phenoxy) is 2. The van der Waals surface area contributed by atoms with Crippen LogP contribution in [0.2, 0.25) is 0 Å². The van der Waals surface area contributed by atoms with Crippen molar-refractivity contribution < 1.29 is 14.4 Å². The molecule has 5 aromatic rings. The van der Waals surface area contributed by atoms with E-state index in [1.165, 1.54) is 17.4 Å². The van der Waals surface area contributed by atoms with Gasteiger partial charge >= 0.3 is 0 Å². The number of nitro benzene ring substituents is 1. The number of benzene rings is 4. The van der Waals surface area contributed by atoms with Crippen molar-refractivity contribution in [1.82, 2.24) is 4.68 Å². The molecule has 0 saturated carbocycles. The van der Waals surface area contributed by atoms with Crippen molar-refractivity contribution in [3.05, 3.63) is 123 Å². The molecule has 0 N–H and O–H groups in total. The smallest absolute Gasteiger partial charge is 0.294 e. The Bertz CT molecular complexity index is 1770. The third-order valence-corrected chi connectivity index (χ3v) is 7.12. The Kier molecular flexibility index (Phi) is 6.48. The topological polar surface area (TPSA) is 91.2 Å². The Hall–Kier alpha value is -5.02. The molecule has 39 heavy (non-hydrogen) atoms. The predicted molar refractivity (Wildman–Crippen MR) is 152 cm³/mol. The fraction of sp³-hybridized carbons (Fsp3) is 0.0667. The fourth-order valence-corrected chi connectivity index (χ4v) is 5.12. The molecule has 6 rings (SSSR count). The maximum absolute atomic E-state index is 11.6. The van der Waals surface area contributed by atoms with Crippen molar-refractivity contribution in [2.45, 2.75) is 6.92 Å². The van der Waals surface area contributed by atoms with Crippen molar-refractivity contribution in [3.8, 4) is 33.9 Å². The molecule has 0 fully saturated rings. The first kappa shape index (κ1) is 24.3. The highest BCUT2D eigenvalue weighted by molar-refractivity contribution is 7.07. The number of para-hydroxylation sites is 2. The minimum Gasteiger partial charge on any atom is -0.454 e. The summed E-state index contributed by atoms with van der Waals surface area (Å²) in [6.07, 6.45) is 0. The molecule has 9 heteroatoms. The standard InChI is InChI=1S/C30H22N4O4S/c1-20(24-15-16-28-29(17-24)38-19-37-28)32-33-27(23-13-11-22(12-14-23)21-7-3-2-4-8-21)18-39-30(33)31-25-9-5-6-10-26(25)34(35)36/h2-18H,19H2,1H3. The molecule has 0 aliphatic carbocycles. The first-order chi connectivity index (χ1) is 19.1. The second-order valence-corrected chi connectivity index (χ2v) is 9.61. The third kappa shape index (κ3) is 4.95. The van der Waals surface area contributed by atoms with E-state index in [1.807, 2.05) is 60.8 Å². The average molecular weight is 535 g/mol. The summed E-state index contributed by atoms with van der Waals surface area (Å²) in [5, 5.41) is 18.5. The first-order valence-electron chi connectivity index (χ1n) is 12.2. The fourth-order valence-electron chi connectivity index (χ4n) is 4.28. The average Bonchev–Trinajstić information content (AvgIpc) is 3.60. The van der Waals surface area contributed by atoms with Gasteiger partial charge in [0.1, 0.15) is 5.69 Å². The Morgan fingerprint density at radius 3 is 2.36 bits per heavy atom. The number of hydrogen-bond acceptors (Lipinski definition) is 7. The zero-order valence-electron chi connectivity index (χ0n) is 20.9. The van der Waals surface area contributed by atoms with Gasteiger partial charge in [-0.3, -0.25) is 10.1 Å². The minimum atomic E-state index is -0.429. The number of thiazole rings is 1. The normalized spacial score (nSPS) is 13.1. The number of nitro groups is 1. The molecule has 8 nitrogen and oxygen atoms in total. The van der Waals surface area contributed by atoms with Crippen molar-refractivity contribution in [2.75, 3.05) is 6.79 Å². The van der Waals surface area contributed by atoms with E-state index >= 15 is 0 Å². The number of aromatic nitrogens is 1. The molecule has 0 radical (unpaired) electrons. The Balaban J connectivity index is 1.48. The van der Waals surface area contributed by atoms with Crippen LogP contribution in [0.1, 0.15) is 12.5 Å². The van der Waals surface area contributed by atoms with Gasteiger partial charge in [-0.2, -0.15) is 5.10 Å². The van der Waals surface area contributed by atoms with E-state index in [2.05, 4.69) is 29.3 Å². The molecule has 2 heterocycles. The van der Waals surface area contributed by atoms with Crippen molar-refractivity contribution in [3.63, 3.8) is 0 Å². The molecular weight excluding hydrogens is 512 g/mol. The van der Waals surface area contributed by atoms with E-state index in [0.29, 0.717) is 16.3 Å². The van der Waals surface area contributed by atoms with E-state index in [-0.39, 0.29) is 18.2 Å². The molecule has 0 saturated heterocycles. The number of fused-ring (bicyclic) bond motifs is 1. The summed E-state index contributed by atoms with van der Waals surface area (Å²) in [5.41, 5.74) is 5.77. The lowest BCUT2D eigenvalue weighted by atomic mass is 10.0. The van der Waals surface area contributed by atoms with Gasteiger partial charge in [0.25, 0.3) is 5.69 Å². The highest BCUT2D eigenvalue weighted by atomic mass is 32.1. The van der Waals surface area contributed by atoms with Gasteiger partial charge in [0.05, 0.1) is 16.3 Å². The molecule has 1 aliphatic heterocycles. The van der Waals surface area contributed by atoms with Crippen molar-refractivity contribution in [1.29, 1.82) is 0 Å². The monoisotopic (exact) mass is 534 g/mol. The largest absolute Gasteiger partial charge is 0.454 e. The molecule has 0 spiro atoms. The molecule has 4 aromatic carbocycles. The summed E-state index contributed by atoms with van der Waals surface area (Å²) >= 11 is 1.37. The van der Waals surface area contributed by atoms with Crippen LogP contribution in [0.15, 0.2) is 113 Å². The maximum atomic E-state index is 11.6. The quantitative estimate of drug-likeness (QED) is 0.133. The first-order valence-corrected chi connectivity index (χ1v) is 13.0. The van der Waals surface area contributed by atoms with E-state index in [0.717, 1.165) is 33.7 Å². The van der Waals surface area contributed by atoms with Crippen LogP contribution in [0.25, 0.3) is 22.4 Å². The minimum absolute atomic E-state index is 0.0670. The molecule has 0 atom stereocenters. The zero-order valence-corrected chi connectivity index (χ0v) is 21.7. The molecule has 0 bridgehead atoms. The van der Waals surface area contributed by atoms with Gasteiger partial charge in [-0.1, -0.05) is 66.7 Å². The van der Waals surface area contributed by atoms with Crippen molar-refractivity contribution >= 4 is 28.4 Å². The summed E-state index contributed by atoms with van der Waals surface area (Å²) in [5.74, 6) is 1.36. The van der Waals surface area contributed by atoms with Gasteiger partial charge in [-0.05, 0) is 42.3 Å². The zero-order chi connectivity index (χ0) is 26.8. The Morgan fingerprint density at radius 2 is 1.56 bits per heavy atom. The summed E-state index contributed by atoms with van der Waals surface area (Å²) < 4.78 is 12.7. The lowest BCUT2D eigenvalue weighted by Crippen LogP contribution is -2.14. The number of nitrogens with zero attached hydrogens (tertiary/aromatic N) is 4. The third-order valence-electron chi connectivity index (χ3n) is 6.31. The van der Waals surface area contributed by atoms with Crippen LogP contribution in [0.4, 0.5) is 11.4 Å². The van der Waals surface area contributed by atoms with Crippen LogP contribution < -0.4 is 14.3 Å². The van der Waals surface area contributed by atoms with Crippen LogP contribution in [-0.2, 0) is 0 Å². The lowest BCUT2D eigenvalue weighted by molar-refractivity contribution is -0.384. The molecule has 0 amide bonds. The second kappa shape index (κ2) is 10.4. The molecule has 1 aromatic heterocycles. The van der Waals surface area contributed by atoms with Crippen LogP contribution in [0.5, 0.6) is 11.5 Å². The summed E-state index contributed by atoms with van der Waals surface area (Å²) in [4.78, 5) is 16.4. The Labute approximate surface area is 227 Å². The number of hydrogen-bond donors (Lipinski definition) is 0. The van der Waals surface area contributed by atoms with E-state index in [4.69, 9.17) is 14.6 Å². The predicted octanol–water partition coefficient (Wildman–Crippen LogP) is 7.03. The summed E-state index contributed by atoms with van der Waals surface area (Å²) in [7, 11) is 0. The Morgan fingerprint density at radius 1 is 0.872 bits per heavy atom. The van der Waals surface area contributed by atoms with Gasteiger partial charge in [0, 0.05) is 22.6 Å². The van der Waals surface area contributed by atoms with Crippen molar-refractivity contribution in [2.24, 2.45) is 10.1 Å². The summed E-state index contributed by atoms with van der Waals surface area (Å²) in [6, 6.07) is 30.5. The van der Waals surface area contributed by atoms with Gasteiger partial charge in [0.2, 0.25) is 11.6 Å². The van der Waals surface area contributed by atoms with Crippen LogP contribution in [0.3, 0.4) is 0 Å². The highest BCUT2D eigenvalue weighted by Crippen LogP contribution is 2.33. The van der Waals surface area contributed by atoms with Crippen LogP contribution in [0, 0.1) is 10.1 Å². The molecule has 1 aliphatic rings. The second-order valence-electron chi connectivity index (χ2n) is 8.77. The lowest BCUT2D eigenvalue weighted by Gasteiger charge is -2.08. The highest BCUT2D eigenvalue weighted by Gasteiger charge is 2.16. The van der Waals surface area contributed by atoms with Gasteiger partial charge in [-0.15, -0.1) is 11.3 Å². The van der Waals surface area contributed by atoms with E-state index in [1.54, 1.807) is 22.9 Å². The molecule has 192 valence electrons. The van der Waals surface area contributed by atoms with Gasteiger partial charge in [-0.25, -0.2) is 9.67 Å². The number of rotatable bonds is 6. The maximum Gasteiger partial charge on any atom is 0.294 e. The molecular formula is C30H22N4O4S. The SMILES string of the molecule is CC(=Nn1c(-c2ccc(-c3ccccc3)cc2)csc1=Nc1ccccc1[N+](=O)[O-])c1ccc2c(c1)OCO2. The van der Waals surface area contributed by atoms with Gasteiger partial charge < -0.3 is 9.47 Å². The van der Waals surface area contributed by atoms with E-state index in [9.17, 15) is 10.1 Å². The summed E-state index contributed by atoms with van der Waals surface area (Å²) in [6.45, 7) is 2.09. The van der Waals surface area contributed by atoms with Gasteiger partial charge in [0.15, 0.2) is 11.5 Å². The van der Waals surface area contributed by atoms with Crippen LogP contribution in [-0.4, -0.2) is 22.1 Å².